The van der Waals surface area contributed by atoms with E-state index in [4.69, 9.17) is 0 Å². The molecule has 0 radical (unpaired) electrons. The number of rotatable bonds is 5. The highest BCUT2D eigenvalue weighted by atomic mass is 16.3. The highest BCUT2D eigenvalue weighted by Gasteiger charge is 2.37. The first-order valence-electron chi connectivity index (χ1n) is 7.45. The van der Waals surface area contributed by atoms with Crippen LogP contribution in [0.1, 0.15) is 31.7 Å². The van der Waals surface area contributed by atoms with Crippen LogP contribution in [0.5, 0.6) is 0 Å². The van der Waals surface area contributed by atoms with Crippen LogP contribution in [0.15, 0.2) is 30.3 Å². The van der Waals surface area contributed by atoms with Gasteiger partial charge in [0.15, 0.2) is 0 Å². The van der Waals surface area contributed by atoms with Crippen LogP contribution >= 0.6 is 0 Å². The van der Waals surface area contributed by atoms with Crippen LogP contribution in [-0.4, -0.2) is 42.8 Å². The quantitative estimate of drug-likeness (QED) is 0.851. The van der Waals surface area contributed by atoms with E-state index in [1.54, 1.807) is 0 Å². The number of nitrogens with one attached hydrogen (secondary N) is 1. The highest BCUT2D eigenvalue weighted by Crippen LogP contribution is 2.33. The van der Waals surface area contributed by atoms with Gasteiger partial charge in [-0.2, -0.15) is 0 Å². The molecule has 1 fully saturated rings. The number of hydrogen-bond acceptors (Lipinski definition) is 3. The fraction of sp³-hybridized carbons (Fsp3) is 0.625. The van der Waals surface area contributed by atoms with Crippen LogP contribution in [-0.2, 0) is 5.54 Å². The molecule has 3 heteroatoms. The average Bonchev–Trinajstić information content (AvgIpc) is 2.75. The van der Waals surface area contributed by atoms with Gasteiger partial charge >= 0.3 is 0 Å². The van der Waals surface area contributed by atoms with Crippen molar-refractivity contribution in [2.75, 3.05) is 32.8 Å². The Balaban J connectivity index is 2.32. The molecule has 1 aromatic carbocycles. The Kier molecular flexibility index (Phi) is 5.37. The van der Waals surface area contributed by atoms with E-state index in [-0.39, 0.29) is 12.1 Å². The SMILES string of the molecule is CCCC(CO)(c1ccccc1)N1CCCNCC1. The molecule has 0 bridgehead atoms. The lowest BCUT2D eigenvalue weighted by Crippen LogP contribution is -2.50. The third kappa shape index (κ3) is 3.16. The fourth-order valence-corrected chi connectivity index (χ4v) is 3.19. The van der Waals surface area contributed by atoms with Gasteiger partial charge in [-0.1, -0.05) is 43.7 Å². The van der Waals surface area contributed by atoms with Crippen molar-refractivity contribution in [1.29, 1.82) is 0 Å². The van der Waals surface area contributed by atoms with Crippen LogP contribution in [0.3, 0.4) is 0 Å². The summed E-state index contributed by atoms with van der Waals surface area (Å²) in [6.45, 7) is 6.56. The predicted molar refractivity (Wildman–Crippen MR) is 79.2 cm³/mol. The van der Waals surface area contributed by atoms with E-state index in [1.807, 2.05) is 6.07 Å². The van der Waals surface area contributed by atoms with Gasteiger partial charge < -0.3 is 10.4 Å². The summed E-state index contributed by atoms with van der Waals surface area (Å²) in [7, 11) is 0. The zero-order valence-electron chi connectivity index (χ0n) is 11.9. The Morgan fingerprint density at radius 3 is 2.68 bits per heavy atom. The van der Waals surface area contributed by atoms with E-state index in [0.717, 1.165) is 45.4 Å². The summed E-state index contributed by atoms with van der Waals surface area (Å²) in [4.78, 5) is 2.48. The summed E-state index contributed by atoms with van der Waals surface area (Å²) in [5.74, 6) is 0. The maximum Gasteiger partial charge on any atom is 0.0694 e. The van der Waals surface area contributed by atoms with Crippen LogP contribution in [0, 0.1) is 0 Å². The maximum absolute atomic E-state index is 10.1. The van der Waals surface area contributed by atoms with E-state index >= 15 is 0 Å². The smallest absolute Gasteiger partial charge is 0.0694 e. The molecule has 19 heavy (non-hydrogen) atoms. The first-order chi connectivity index (χ1) is 9.33. The van der Waals surface area contributed by atoms with Gasteiger partial charge in [-0.05, 0) is 24.9 Å². The van der Waals surface area contributed by atoms with Gasteiger partial charge in [-0.3, -0.25) is 4.90 Å². The molecule has 0 aliphatic carbocycles. The lowest BCUT2D eigenvalue weighted by Gasteiger charge is -2.43. The molecule has 1 unspecified atom stereocenters. The molecule has 0 spiro atoms. The van der Waals surface area contributed by atoms with E-state index in [0.29, 0.717) is 0 Å². The molecular formula is C16H26N2O. The molecule has 1 aliphatic heterocycles. The summed E-state index contributed by atoms with van der Waals surface area (Å²) in [6, 6.07) is 10.5. The number of aliphatic hydroxyl groups is 1. The zero-order chi connectivity index (χ0) is 13.6. The molecule has 1 aromatic rings. The van der Waals surface area contributed by atoms with Crippen molar-refractivity contribution in [3.63, 3.8) is 0 Å². The Labute approximate surface area is 116 Å². The predicted octanol–water partition coefficient (Wildman–Crippen LogP) is 1.97. The standard InChI is InChI=1S/C16H26N2O/c1-2-9-16(14-19,15-7-4-3-5-8-15)18-12-6-10-17-11-13-18/h3-5,7-8,17,19H,2,6,9-14H2,1H3. The minimum Gasteiger partial charge on any atom is -0.394 e. The summed E-state index contributed by atoms with van der Waals surface area (Å²) >= 11 is 0. The van der Waals surface area contributed by atoms with Gasteiger partial charge in [0.2, 0.25) is 0 Å². The zero-order valence-corrected chi connectivity index (χ0v) is 11.9. The second-order valence-electron chi connectivity index (χ2n) is 5.40. The van der Waals surface area contributed by atoms with E-state index in [2.05, 4.69) is 41.4 Å². The van der Waals surface area contributed by atoms with E-state index in [9.17, 15) is 5.11 Å². The third-order valence-corrected chi connectivity index (χ3v) is 4.18. The van der Waals surface area contributed by atoms with Gasteiger partial charge in [-0.25, -0.2) is 0 Å². The minimum atomic E-state index is -0.206. The van der Waals surface area contributed by atoms with Crippen molar-refractivity contribution < 1.29 is 5.11 Å². The van der Waals surface area contributed by atoms with Gasteiger partial charge in [0.1, 0.15) is 0 Å². The highest BCUT2D eigenvalue weighted by molar-refractivity contribution is 5.25. The lowest BCUT2D eigenvalue weighted by atomic mass is 9.84. The van der Waals surface area contributed by atoms with Crippen molar-refractivity contribution in [3.8, 4) is 0 Å². The Hall–Kier alpha value is -0.900. The third-order valence-electron chi connectivity index (χ3n) is 4.18. The minimum absolute atomic E-state index is 0.199. The summed E-state index contributed by atoms with van der Waals surface area (Å²) in [5, 5.41) is 13.6. The van der Waals surface area contributed by atoms with Gasteiger partial charge in [0, 0.05) is 19.6 Å². The molecule has 1 heterocycles. The number of aliphatic hydroxyl groups excluding tert-OH is 1. The molecule has 1 saturated heterocycles. The fourth-order valence-electron chi connectivity index (χ4n) is 3.19. The van der Waals surface area contributed by atoms with Crippen LogP contribution in [0.4, 0.5) is 0 Å². The Bertz CT molecular complexity index is 360. The second-order valence-corrected chi connectivity index (χ2v) is 5.40. The summed E-state index contributed by atoms with van der Waals surface area (Å²) in [6.07, 6.45) is 3.24. The molecule has 0 amide bonds. The largest absolute Gasteiger partial charge is 0.394 e. The van der Waals surface area contributed by atoms with Gasteiger partial charge in [0.05, 0.1) is 12.1 Å². The van der Waals surface area contributed by atoms with E-state index < -0.39 is 0 Å². The van der Waals surface area contributed by atoms with E-state index in [1.165, 1.54) is 5.56 Å². The van der Waals surface area contributed by atoms with Gasteiger partial charge in [-0.15, -0.1) is 0 Å². The second kappa shape index (κ2) is 7.04. The monoisotopic (exact) mass is 262 g/mol. The summed E-state index contributed by atoms with van der Waals surface area (Å²) in [5.41, 5.74) is 1.04. The molecule has 106 valence electrons. The van der Waals surface area contributed by atoms with Crippen molar-refractivity contribution in [2.24, 2.45) is 0 Å². The van der Waals surface area contributed by atoms with Crippen molar-refractivity contribution in [1.82, 2.24) is 10.2 Å². The summed E-state index contributed by atoms with van der Waals surface area (Å²) < 4.78 is 0. The molecule has 2 rings (SSSR count). The first kappa shape index (κ1) is 14.5. The van der Waals surface area contributed by atoms with Crippen molar-refractivity contribution in [3.05, 3.63) is 35.9 Å². The lowest BCUT2D eigenvalue weighted by molar-refractivity contribution is 0.0223. The molecule has 2 N–H and O–H groups in total. The topological polar surface area (TPSA) is 35.5 Å². The van der Waals surface area contributed by atoms with Crippen LogP contribution < -0.4 is 5.32 Å². The molecule has 0 saturated carbocycles. The molecule has 1 aliphatic rings. The molecule has 0 aromatic heterocycles. The molecule has 3 nitrogen and oxygen atoms in total. The first-order valence-corrected chi connectivity index (χ1v) is 7.45. The number of hydrogen-bond donors (Lipinski definition) is 2. The Morgan fingerprint density at radius 1 is 1.21 bits per heavy atom. The van der Waals surface area contributed by atoms with Crippen molar-refractivity contribution in [2.45, 2.75) is 31.7 Å². The van der Waals surface area contributed by atoms with Crippen LogP contribution in [0.25, 0.3) is 0 Å². The van der Waals surface area contributed by atoms with Crippen molar-refractivity contribution >= 4 is 0 Å². The number of benzene rings is 1. The number of nitrogens with zero attached hydrogens (tertiary/aromatic N) is 1. The maximum atomic E-state index is 10.1. The molecule has 1 atom stereocenters. The van der Waals surface area contributed by atoms with Gasteiger partial charge in [0.25, 0.3) is 0 Å². The normalized spacial score (nSPS) is 20.7. The Morgan fingerprint density at radius 2 is 2.00 bits per heavy atom. The average molecular weight is 262 g/mol. The molecular weight excluding hydrogens is 236 g/mol. The van der Waals surface area contributed by atoms with Crippen LogP contribution in [0.2, 0.25) is 0 Å².